The van der Waals surface area contributed by atoms with E-state index in [4.69, 9.17) is 4.74 Å². The van der Waals surface area contributed by atoms with Crippen molar-refractivity contribution in [2.75, 3.05) is 42.6 Å². The van der Waals surface area contributed by atoms with Crippen LogP contribution in [0.4, 0.5) is 11.4 Å². The summed E-state index contributed by atoms with van der Waals surface area (Å²) in [6, 6.07) is 25.5. The molecule has 2 bridgehead atoms. The SMILES string of the molecule is C=CCN(Cc1ccccc1)C(=O)[C@@H]1[C@H]2C(=O)N([C@@H](CO)Cc3ccccc3)C(C(=O)N(CC=C)c3ccc(N(CC)CC)cc3)C23CC[C@@]1(CC)O3. The van der Waals surface area contributed by atoms with Gasteiger partial charge in [-0.05, 0) is 74.9 Å². The van der Waals surface area contributed by atoms with E-state index in [2.05, 4.69) is 31.9 Å². The lowest BCUT2D eigenvalue weighted by Crippen LogP contribution is -2.59. The molecular weight excluding hydrogens is 665 g/mol. The Morgan fingerprint density at radius 1 is 0.868 bits per heavy atom. The maximum Gasteiger partial charge on any atom is 0.253 e. The predicted molar refractivity (Wildman–Crippen MR) is 209 cm³/mol. The molecule has 6 atom stereocenters. The first-order chi connectivity index (χ1) is 25.7. The largest absolute Gasteiger partial charge is 0.394 e. The van der Waals surface area contributed by atoms with Crippen LogP contribution in [0.2, 0.25) is 0 Å². The number of amides is 3. The van der Waals surface area contributed by atoms with E-state index in [1.807, 2.05) is 91.9 Å². The fraction of sp³-hybridized carbons (Fsp3) is 0.432. The Kier molecular flexibility index (Phi) is 11.5. The maximum absolute atomic E-state index is 15.4. The minimum Gasteiger partial charge on any atom is -0.394 e. The van der Waals surface area contributed by atoms with Crippen LogP contribution in [0.5, 0.6) is 0 Å². The van der Waals surface area contributed by atoms with Gasteiger partial charge in [0.15, 0.2) is 0 Å². The van der Waals surface area contributed by atoms with Crippen LogP contribution in [0.1, 0.15) is 51.2 Å². The van der Waals surface area contributed by atoms with Crippen molar-refractivity contribution in [3.8, 4) is 0 Å². The summed E-state index contributed by atoms with van der Waals surface area (Å²) in [7, 11) is 0. The Labute approximate surface area is 314 Å². The number of aliphatic hydroxyl groups is 1. The number of aliphatic hydroxyl groups excluding tert-OH is 1. The second-order valence-electron chi connectivity index (χ2n) is 14.5. The van der Waals surface area contributed by atoms with E-state index in [1.165, 1.54) is 0 Å². The summed E-state index contributed by atoms with van der Waals surface area (Å²) in [4.78, 5) is 52.8. The average molecular weight is 719 g/mol. The van der Waals surface area contributed by atoms with Crippen molar-refractivity contribution in [1.82, 2.24) is 9.80 Å². The Bertz CT molecular complexity index is 1760. The van der Waals surface area contributed by atoms with Gasteiger partial charge in [-0.25, -0.2) is 0 Å². The molecule has 3 aliphatic heterocycles. The van der Waals surface area contributed by atoms with Crippen LogP contribution < -0.4 is 9.80 Å². The first-order valence-corrected chi connectivity index (χ1v) is 19.1. The second-order valence-corrected chi connectivity index (χ2v) is 14.5. The minimum atomic E-state index is -1.26. The zero-order valence-electron chi connectivity index (χ0n) is 31.4. The summed E-state index contributed by atoms with van der Waals surface area (Å²) in [5.74, 6) is -2.52. The summed E-state index contributed by atoms with van der Waals surface area (Å²) < 4.78 is 7.16. The number of fused-ring (bicyclic) bond motifs is 1. The number of hydrogen-bond acceptors (Lipinski definition) is 6. The molecule has 3 aromatic rings. The molecule has 0 aliphatic carbocycles. The van der Waals surface area contributed by atoms with Crippen molar-refractivity contribution in [3.05, 3.63) is 121 Å². The Balaban J connectivity index is 1.45. The first-order valence-electron chi connectivity index (χ1n) is 19.1. The van der Waals surface area contributed by atoms with E-state index in [0.717, 1.165) is 29.9 Å². The van der Waals surface area contributed by atoms with Crippen molar-refractivity contribution in [2.45, 2.75) is 76.3 Å². The highest BCUT2D eigenvalue weighted by molar-refractivity contribution is 6.05. The molecule has 0 aromatic heterocycles. The number of benzene rings is 3. The van der Waals surface area contributed by atoms with Gasteiger partial charge in [0, 0.05) is 44.1 Å². The lowest BCUT2D eigenvalue weighted by Gasteiger charge is -2.39. The maximum atomic E-state index is 15.4. The van der Waals surface area contributed by atoms with Gasteiger partial charge in [-0.1, -0.05) is 79.7 Å². The molecule has 9 nitrogen and oxygen atoms in total. The molecule has 3 amide bonds. The van der Waals surface area contributed by atoms with E-state index in [-0.39, 0.29) is 30.9 Å². The number of carbonyl (C=O) groups excluding carboxylic acids is 3. The van der Waals surface area contributed by atoms with Gasteiger partial charge in [0.1, 0.15) is 11.6 Å². The van der Waals surface area contributed by atoms with Gasteiger partial charge >= 0.3 is 0 Å². The molecule has 1 N–H and O–H groups in total. The zero-order valence-corrected chi connectivity index (χ0v) is 31.4. The average Bonchev–Trinajstić information content (AvgIpc) is 3.80. The van der Waals surface area contributed by atoms with Gasteiger partial charge in [0.2, 0.25) is 11.8 Å². The van der Waals surface area contributed by atoms with Crippen molar-refractivity contribution in [1.29, 1.82) is 0 Å². The fourth-order valence-corrected chi connectivity index (χ4v) is 9.26. The third-order valence-corrected chi connectivity index (χ3v) is 11.8. The Morgan fingerprint density at radius 2 is 1.47 bits per heavy atom. The summed E-state index contributed by atoms with van der Waals surface area (Å²) in [6.45, 7) is 16.3. The van der Waals surface area contributed by atoms with Crippen LogP contribution in [-0.4, -0.2) is 88.7 Å². The van der Waals surface area contributed by atoms with Gasteiger partial charge in [-0.3, -0.25) is 14.4 Å². The molecule has 280 valence electrons. The number of hydrogen-bond donors (Lipinski definition) is 1. The molecule has 3 saturated heterocycles. The Hall–Kier alpha value is -4.73. The highest BCUT2D eigenvalue weighted by Gasteiger charge is 2.79. The number of rotatable bonds is 17. The van der Waals surface area contributed by atoms with E-state index in [9.17, 15) is 9.90 Å². The fourth-order valence-electron chi connectivity index (χ4n) is 9.26. The third kappa shape index (κ3) is 6.81. The van der Waals surface area contributed by atoms with Crippen LogP contribution in [0.25, 0.3) is 0 Å². The number of likely N-dealkylation sites (tertiary alicyclic amines) is 1. The quantitative estimate of drug-likeness (QED) is 0.172. The van der Waals surface area contributed by atoms with Gasteiger partial charge in [0.25, 0.3) is 5.91 Å². The highest BCUT2D eigenvalue weighted by Crippen LogP contribution is 2.65. The van der Waals surface area contributed by atoms with Crippen LogP contribution in [0.3, 0.4) is 0 Å². The molecule has 3 heterocycles. The van der Waals surface area contributed by atoms with Crippen LogP contribution in [0.15, 0.2) is 110 Å². The van der Waals surface area contributed by atoms with E-state index < -0.39 is 35.1 Å². The highest BCUT2D eigenvalue weighted by atomic mass is 16.5. The normalized spacial score (nSPS) is 24.8. The predicted octanol–water partition coefficient (Wildman–Crippen LogP) is 6.03. The van der Waals surface area contributed by atoms with Crippen LogP contribution in [-0.2, 0) is 32.1 Å². The standard InChI is InChI=1S/C44H54N4O5/c1-6-27-46(30-33-19-15-12-16-20-33)40(50)37-38-41(51)48(36(31-49)29-32-17-13-11-14-18-32)39(44(38)26-25-43(37,8-3)53-44)42(52)47(28-7-2)35-23-21-34(22-24-35)45(9-4)10-5/h6-7,11-24,36-39,49H,1-2,8-10,25-31H2,3-5H3/t36-,37+,38+,39?,43-,44?/m1/s1. The molecule has 53 heavy (non-hydrogen) atoms. The molecule has 0 radical (unpaired) electrons. The summed E-state index contributed by atoms with van der Waals surface area (Å²) in [5, 5.41) is 11.0. The van der Waals surface area contributed by atoms with Gasteiger partial charge in [-0.15, -0.1) is 13.2 Å². The van der Waals surface area contributed by atoms with Crippen molar-refractivity contribution in [3.63, 3.8) is 0 Å². The zero-order chi connectivity index (χ0) is 37.8. The molecular formula is C44H54N4O5. The van der Waals surface area contributed by atoms with Crippen molar-refractivity contribution < 1.29 is 24.2 Å². The molecule has 0 saturated carbocycles. The molecule has 9 heteroatoms. The monoisotopic (exact) mass is 718 g/mol. The number of ether oxygens (including phenoxy) is 1. The van der Waals surface area contributed by atoms with Gasteiger partial charge < -0.3 is 29.4 Å². The third-order valence-electron chi connectivity index (χ3n) is 11.8. The van der Waals surface area contributed by atoms with E-state index in [0.29, 0.717) is 44.5 Å². The topological polar surface area (TPSA) is 93.6 Å². The lowest BCUT2D eigenvalue weighted by atomic mass is 9.64. The second kappa shape index (κ2) is 16.1. The molecule has 2 unspecified atom stereocenters. The summed E-state index contributed by atoms with van der Waals surface area (Å²) in [5.41, 5.74) is 1.44. The van der Waals surface area contributed by atoms with Crippen molar-refractivity contribution >= 4 is 29.1 Å². The summed E-state index contributed by atoms with van der Waals surface area (Å²) in [6.07, 6.45) is 5.23. The smallest absolute Gasteiger partial charge is 0.253 e. The molecule has 3 fully saturated rings. The minimum absolute atomic E-state index is 0.179. The van der Waals surface area contributed by atoms with Gasteiger partial charge in [-0.2, -0.15) is 0 Å². The number of anilines is 2. The molecule has 3 aliphatic rings. The number of carbonyl (C=O) groups is 3. The van der Waals surface area contributed by atoms with Crippen LogP contribution in [0, 0.1) is 11.8 Å². The first kappa shape index (κ1) is 38.0. The molecule has 1 spiro atoms. The van der Waals surface area contributed by atoms with Crippen LogP contribution >= 0.6 is 0 Å². The number of nitrogens with zero attached hydrogens (tertiary/aromatic N) is 4. The summed E-state index contributed by atoms with van der Waals surface area (Å²) >= 11 is 0. The van der Waals surface area contributed by atoms with E-state index >= 15 is 9.59 Å². The molecule has 6 rings (SSSR count). The van der Waals surface area contributed by atoms with E-state index in [1.54, 1.807) is 26.9 Å². The van der Waals surface area contributed by atoms with Crippen molar-refractivity contribution in [2.24, 2.45) is 11.8 Å². The molecule has 3 aromatic carbocycles. The Morgan fingerprint density at radius 3 is 2.04 bits per heavy atom. The lowest BCUT2D eigenvalue weighted by molar-refractivity contribution is -0.153. The van der Waals surface area contributed by atoms with Gasteiger partial charge in [0.05, 0.1) is 30.1 Å².